The molecular formula is C14H25N3O2. The van der Waals surface area contributed by atoms with Crippen LogP contribution in [0.1, 0.15) is 40.4 Å². The van der Waals surface area contributed by atoms with Gasteiger partial charge in [0.25, 0.3) is 0 Å². The van der Waals surface area contributed by atoms with Crippen LogP contribution in [-0.4, -0.2) is 33.8 Å². The van der Waals surface area contributed by atoms with Gasteiger partial charge in [0.15, 0.2) is 5.78 Å². The van der Waals surface area contributed by atoms with Gasteiger partial charge in [0, 0.05) is 13.7 Å². The van der Waals surface area contributed by atoms with E-state index in [2.05, 4.69) is 23.9 Å². The number of hydrogen-bond donors (Lipinski definition) is 0. The Balaban J connectivity index is 2.79. The van der Waals surface area contributed by atoms with Crippen molar-refractivity contribution in [3.63, 3.8) is 0 Å². The lowest BCUT2D eigenvalue weighted by Gasteiger charge is -2.27. The van der Waals surface area contributed by atoms with E-state index >= 15 is 0 Å². The molecule has 0 spiro atoms. The SMILES string of the molecule is COC(C(=O)Cc1ncnn1CC(C)C)C(C)(C)C. The maximum Gasteiger partial charge on any atom is 0.169 e. The average molecular weight is 267 g/mol. The fraction of sp³-hybridized carbons (Fsp3) is 0.786. The highest BCUT2D eigenvalue weighted by molar-refractivity contribution is 5.85. The quantitative estimate of drug-likeness (QED) is 0.792. The molecule has 1 heterocycles. The van der Waals surface area contributed by atoms with E-state index in [0.717, 1.165) is 6.54 Å². The van der Waals surface area contributed by atoms with Crippen LogP contribution in [-0.2, 0) is 22.5 Å². The minimum atomic E-state index is -0.420. The van der Waals surface area contributed by atoms with Gasteiger partial charge < -0.3 is 4.74 Å². The average Bonchev–Trinajstić information content (AvgIpc) is 2.63. The monoisotopic (exact) mass is 267 g/mol. The zero-order chi connectivity index (χ0) is 14.6. The topological polar surface area (TPSA) is 57.0 Å². The number of rotatable bonds is 6. The van der Waals surface area contributed by atoms with Gasteiger partial charge in [-0.25, -0.2) is 9.67 Å². The molecule has 5 nitrogen and oxygen atoms in total. The number of ether oxygens (including phenoxy) is 1. The van der Waals surface area contributed by atoms with Crippen LogP contribution in [0.5, 0.6) is 0 Å². The molecule has 1 rings (SSSR count). The summed E-state index contributed by atoms with van der Waals surface area (Å²) in [7, 11) is 1.58. The van der Waals surface area contributed by atoms with Gasteiger partial charge in [-0.15, -0.1) is 0 Å². The first kappa shape index (κ1) is 15.8. The Morgan fingerprint density at radius 1 is 1.42 bits per heavy atom. The Bertz CT molecular complexity index is 419. The minimum Gasteiger partial charge on any atom is -0.373 e. The molecule has 5 heteroatoms. The maximum atomic E-state index is 12.3. The first-order chi connectivity index (χ1) is 8.75. The molecule has 0 saturated heterocycles. The summed E-state index contributed by atoms with van der Waals surface area (Å²) < 4.78 is 7.14. The number of nitrogens with zero attached hydrogens (tertiary/aromatic N) is 3. The summed E-state index contributed by atoms with van der Waals surface area (Å²) in [5, 5.41) is 4.17. The Hall–Kier alpha value is -1.23. The molecule has 0 aromatic carbocycles. The van der Waals surface area contributed by atoms with E-state index in [9.17, 15) is 4.79 Å². The second-order valence-corrected chi connectivity index (χ2v) is 6.38. The van der Waals surface area contributed by atoms with E-state index in [1.807, 2.05) is 20.8 Å². The molecule has 1 aromatic rings. The smallest absolute Gasteiger partial charge is 0.169 e. The van der Waals surface area contributed by atoms with Gasteiger partial charge in [-0.1, -0.05) is 34.6 Å². The molecule has 0 N–H and O–H groups in total. The summed E-state index contributed by atoms with van der Waals surface area (Å²) in [6, 6.07) is 0. The number of hydrogen-bond acceptors (Lipinski definition) is 4. The number of carbonyl (C=O) groups excluding carboxylic acids is 1. The molecule has 1 unspecified atom stereocenters. The number of carbonyl (C=O) groups is 1. The molecule has 19 heavy (non-hydrogen) atoms. The lowest BCUT2D eigenvalue weighted by molar-refractivity contribution is -0.134. The molecule has 0 aliphatic carbocycles. The molecule has 0 amide bonds. The van der Waals surface area contributed by atoms with Crippen molar-refractivity contribution in [3.05, 3.63) is 12.2 Å². The van der Waals surface area contributed by atoms with Crippen LogP contribution in [0.4, 0.5) is 0 Å². The van der Waals surface area contributed by atoms with Crippen LogP contribution in [0.15, 0.2) is 6.33 Å². The fourth-order valence-corrected chi connectivity index (χ4v) is 2.14. The summed E-state index contributed by atoms with van der Waals surface area (Å²) in [5.41, 5.74) is -0.214. The van der Waals surface area contributed by atoms with Crippen molar-refractivity contribution in [2.24, 2.45) is 11.3 Å². The molecular weight excluding hydrogens is 242 g/mol. The van der Waals surface area contributed by atoms with E-state index in [1.165, 1.54) is 6.33 Å². The third kappa shape index (κ3) is 4.42. The van der Waals surface area contributed by atoms with Crippen molar-refractivity contribution in [1.82, 2.24) is 14.8 Å². The number of aromatic nitrogens is 3. The number of ketones is 1. The van der Waals surface area contributed by atoms with Crippen LogP contribution >= 0.6 is 0 Å². The van der Waals surface area contributed by atoms with E-state index in [4.69, 9.17) is 4.74 Å². The van der Waals surface area contributed by atoms with Crippen LogP contribution in [0.3, 0.4) is 0 Å². The third-order valence-corrected chi connectivity index (χ3v) is 2.88. The standard InChI is InChI=1S/C14H25N3O2/c1-10(2)8-17-12(15-9-16-17)7-11(18)13(19-6)14(3,4)5/h9-10,13H,7-8H2,1-6H3. The zero-order valence-corrected chi connectivity index (χ0v) is 12.8. The van der Waals surface area contributed by atoms with Gasteiger partial charge in [0.2, 0.25) is 0 Å². The van der Waals surface area contributed by atoms with Gasteiger partial charge in [-0.2, -0.15) is 5.10 Å². The first-order valence-corrected chi connectivity index (χ1v) is 6.68. The molecule has 0 aliphatic heterocycles. The minimum absolute atomic E-state index is 0.0491. The highest BCUT2D eigenvalue weighted by Gasteiger charge is 2.31. The van der Waals surface area contributed by atoms with Crippen LogP contribution in [0, 0.1) is 11.3 Å². The summed E-state index contributed by atoms with van der Waals surface area (Å²) in [4.78, 5) is 16.5. The van der Waals surface area contributed by atoms with Gasteiger partial charge in [0.1, 0.15) is 18.3 Å². The first-order valence-electron chi connectivity index (χ1n) is 6.68. The van der Waals surface area contributed by atoms with Gasteiger partial charge in [-0.3, -0.25) is 4.79 Å². The molecule has 108 valence electrons. The zero-order valence-electron chi connectivity index (χ0n) is 12.8. The van der Waals surface area contributed by atoms with Crippen molar-refractivity contribution in [2.75, 3.05) is 7.11 Å². The molecule has 0 aliphatic rings. The van der Waals surface area contributed by atoms with Gasteiger partial charge in [-0.05, 0) is 11.3 Å². The van der Waals surface area contributed by atoms with Crippen molar-refractivity contribution in [3.8, 4) is 0 Å². The van der Waals surface area contributed by atoms with Crippen LogP contribution < -0.4 is 0 Å². The maximum absolute atomic E-state index is 12.3. The predicted octanol–water partition coefficient (Wildman–Crippen LogP) is 2.11. The Morgan fingerprint density at radius 3 is 2.53 bits per heavy atom. The van der Waals surface area contributed by atoms with Gasteiger partial charge in [0.05, 0.1) is 6.42 Å². The Kier molecular flexibility index (Phi) is 5.23. The largest absolute Gasteiger partial charge is 0.373 e. The van der Waals surface area contributed by atoms with Crippen LogP contribution in [0.25, 0.3) is 0 Å². The summed E-state index contributed by atoms with van der Waals surface area (Å²) in [6.07, 6.45) is 1.35. The number of Topliss-reactive ketones (excluding diaryl/α,β-unsaturated/α-hetero) is 1. The third-order valence-electron chi connectivity index (χ3n) is 2.88. The summed E-state index contributed by atoms with van der Waals surface area (Å²) in [5.74, 6) is 1.23. The van der Waals surface area contributed by atoms with E-state index < -0.39 is 6.10 Å². The Labute approximate surface area is 115 Å². The molecule has 1 aromatic heterocycles. The van der Waals surface area contributed by atoms with Crippen molar-refractivity contribution < 1.29 is 9.53 Å². The van der Waals surface area contributed by atoms with Crippen molar-refractivity contribution in [1.29, 1.82) is 0 Å². The van der Waals surface area contributed by atoms with Crippen molar-refractivity contribution >= 4 is 5.78 Å². The molecule has 1 atom stereocenters. The normalized spacial score (nSPS) is 13.8. The van der Waals surface area contributed by atoms with E-state index in [-0.39, 0.29) is 17.6 Å². The number of methoxy groups -OCH3 is 1. The molecule has 0 bridgehead atoms. The van der Waals surface area contributed by atoms with Gasteiger partial charge >= 0.3 is 0 Å². The predicted molar refractivity (Wildman–Crippen MR) is 73.8 cm³/mol. The van der Waals surface area contributed by atoms with Crippen LogP contribution in [0.2, 0.25) is 0 Å². The molecule has 0 radical (unpaired) electrons. The molecule has 0 saturated carbocycles. The second-order valence-electron chi connectivity index (χ2n) is 6.38. The summed E-state index contributed by atoms with van der Waals surface area (Å²) in [6.45, 7) is 11.0. The highest BCUT2D eigenvalue weighted by atomic mass is 16.5. The lowest BCUT2D eigenvalue weighted by Crippen LogP contribution is -2.37. The van der Waals surface area contributed by atoms with E-state index in [1.54, 1.807) is 11.8 Å². The molecule has 0 fully saturated rings. The Morgan fingerprint density at radius 2 is 2.05 bits per heavy atom. The fourth-order valence-electron chi connectivity index (χ4n) is 2.14. The van der Waals surface area contributed by atoms with Crippen molar-refractivity contribution in [2.45, 2.75) is 53.7 Å². The lowest BCUT2D eigenvalue weighted by atomic mass is 9.85. The second kappa shape index (κ2) is 6.28. The summed E-state index contributed by atoms with van der Waals surface area (Å²) >= 11 is 0. The highest BCUT2D eigenvalue weighted by Crippen LogP contribution is 2.23. The van der Waals surface area contributed by atoms with E-state index in [0.29, 0.717) is 11.7 Å².